The molecule has 0 aromatic carbocycles. The fraction of sp³-hybridized carbons (Fsp3) is 0.727. The van der Waals surface area contributed by atoms with Gasteiger partial charge in [-0.1, -0.05) is 27.2 Å². The third kappa shape index (κ3) is 2.28. The normalized spacial score (nSPS) is 11.2. The Kier molecular flexibility index (Phi) is 3.55. The lowest BCUT2D eigenvalue weighted by Gasteiger charge is -2.06. The number of aromatic hydroxyl groups is 1. The first-order valence-corrected chi connectivity index (χ1v) is 5.31. The van der Waals surface area contributed by atoms with Gasteiger partial charge in [0, 0.05) is 6.54 Å². The largest absolute Gasteiger partial charge is 0.504 e. The van der Waals surface area contributed by atoms with Gasteiger partial charge in [-0.25, -0.2) is 0 Å². The molecular weight excluding hydrogens is 176 g/mol. The maximum atomic E-state index is 9.78. The van der Waals surface area contributed by atoms with Gasteiger partial charge in [0.1, 0.15) is 5.69 Å². The van der Waals surface area contributed by atoms with Crippen molar-refractivity contribution in [1.29, 1.82) is 0 Å². The van der Waals surface area contributed by atoms with Crippen LogP contribution in [0.4, 0.5) is 0 Å². The highest BCUT2D eigenvalue weighted by atomic mass is 16.3. The number of hydrogen-bond donors (Lipinski definition) is 1. The number of nitrogens with zero attached hydrogens (tertiary/aromatic N) is 2. The first kappa shape index (κ1) is 11.1. The Morgan fingerprint density at radius 3 is 2.57 bits per heavy atom. The maximum Gasteiger partial charge on any atom is 0.159 e. The van der Waals surface area contributed by atoms with Gasteiger partial charge in [-0.2, -0.15) is 5.10 Å². The third-order valence-electron chi connectivity index (χ3n) is 2.27. The summed E-state index contributed by atoms with van der Waals surface area (Å²) in [7, 11) is 0. The van der Waals surface area contributed by atoms with Crippen LogP contribution in [0.2, 0.25) is 0 Å². The number of rotatable bonds is 4. The summed E-state index contributed by atoms with van der Waals surface area (Å²) in [6, 6.07) is 0. The van der Waals surface area contributed by atoms with E-state index < -0.39 is 0 Å². The second-order valence-corrected chi connectivity index (χ2v) is 4.21. The molecule has 1 aromatic heterocycles. The van der Waals surface area contributed by atoms with E-state index in [1.165, 1.54) is 0 Å². The molecule has 3 heteroatoms. The Labute approximate surface area is 85.8 Å². The van der Waals surface area contributed by atoms with Gasteiger partial charge >= 0.3 is 0 Å². The summed E-state index contributed by atoms with van der Waals surface area (Å²) in [5.41, 5.74) is 1.73. The predicted molar refractivity (Wildman–Crippen MR) is 57.5 cm³/mol. The van der Waals surface area contributed by atoms with Crippen LogP contribution in [0.25, 0.3) is 0 Å². The molecule has 0 bridgehead atoms. The van der Waals surface area contributed by atoms with E-state index >= 15 is 0 Å². The maximum absolute atomic E-state index is 9.78. The topological polar surface area (TPSA) is 38.0 Å². The van der Waals surface area contributed by atoms with E-state index in [0.717, 1.165) is 30.8 Å². The molecule has 0 aliphatic rings. The molecule has 0 fully saturated rings. The minimum absolute atomic E-state index is 0.382. The molecule has 0 saturated carbocycles. The standard InChI is InChI=1S/C11H20N2O/c1-5-6-10-11(14)9(4)13(12-10)7-8(2)3/h8,14H,5-7H2,1-4H3. The van der Waals surface area contributed by atoms with E-state index in [1.54, 1.807) is 0 Å². The van der Waals surface area contributed by atoms with Gasteiger partial charge in [-0.15, -0.1) is 0 Å². The van der Waals surface area contributed by atoms with Crippen molar-refractivity contribution in [2.75, 3.05) is 0 Å². The Morgan fingerprint density at radius 2 is 2.07 bits per heavy atom. The zero-order chi connectivity index (χ0) is 10.7. The summed E-state index contributed by atoms with van der Waals surface area (Å²) in [4.78, 5) is 0. The highest BCUT2D eigenvalue weighted by Gasteiger charge is 2.12. The molecule has 1 heterocycles. The Morgan fingerprint density at radius 1 is 1.43 bits per heavy atom. The monoisotopic (exact) mass is 196 g/mol. The van der Waals surface area contributed by atoms with Crippen molar-refractivity contribution in [3.8, 4) is 5.75 Å². The van der Waals surface area contributed by atoms with Crippen molar-refractivity contribution in [3.63, 3.8) is 0 Å². The predicted octanol–water partition coefficient (Wildman–Crippen LogP) is 2.51. The lowest BCUT2D eigenvalue weighted by molar-refractivity contribution is 0.451. The summed E-state index contributed by atoms with van der Waals surface area (Å²) in [6.45, 7) is 9.19. The van der Waals surface area contributed by atoms with Crippen molar-refractivity contribution in [2.45, 2.75) is 47.1 Å². The van der Waals surface area contributed by atoms with Crippen LogP contribution in [-0.4, -0.2) is 14.9 Å². The summed E-state index contributed by atoms with van der Waals surface area (Å²) in [6.07, 6.45) is 1.88. The molecule has 1 aromatic rings. The fourth-order valence-electron chi connectivity index (χ4n) is 1.53. The van der Waals surface area contributed by atoms with Gasteiger partial charge in [-0.3, -0.25) is 4.68 Å². The van der Waals surface area contributed by atoms with E-state index in [1.807, 2.05) is 11.6 Å². The van der Waals surface area contributed by atoms with Gasteiger partial charge in [0.15, 0.2) is 5.75 Å². The molecule has 0 spiro atoms. The smallest absolute Gasteiger partial charge is 0.159 e. The van der Waals surface area contributed by atoms with Gasteiger partial charge < -0.3 is 5.11 Å². The molecule has 80 valence electrons. The van der Waals surface area contributed by atoms with E-state index in [4.69, 9.17) is 0 Å². The first-order chi connectivity index (χ1) is 6.56. The van der Waals surface area contributed by atoms with Gasteiger partial charge in [0.2, 0.25) is 0 Å². The number of hydrogen-bond acceptors (Lipinski definition) is 2. The van der Waals surface area contributed by atoms with Crippen LogP contribution in [-0.2, 0) is 13.0 Å². The zero-order valence-corrected chi connectivity index (χ0v) is 9.54. The average molecular weight is 196 g/mol. The van der Waals surface area contributed by atoms with Crippen molar-refractivity contribution < 1.29 is 5.11 Å². The van der Waals surface area contributed by atoms with Crippen molar-refractivity contribution in [1.82, 2.24) is 9.78 Å². The zero-order valence-electron chi connectivity index (χ0n) is 9.54. The first-order valence-electron chi connectivity index (χ1n) is 5.31. The minimum atomic E-state index is 0.382. The van der Waals surface area contributed by atoms with Gasteiger partial charge in [-0.05, 0) is 19.3 Å². The fourth-order valence-corrected chi connectivity index (χ4v) is 1.53. The Bertz CT molecular complexity index is 302. The van der Waals surface area contributed by atoms with E-state index in [-0.39, 0.29) is 0 Å². The van der Waals surface area contributed by atoms with Crippen molar-refractivity contribution >= 4 is 0 Å². The molecule has 1 rings (SSSR count). The molecule has 0 atom stereocenters. The van der Waals surface area contributed by atoms with E-state index in [0.29, 0.717) is 11.7 Å². The second-order valence-electron chi connectivity index (χ2n) is 4.21. The van der Waals surface area contributed by atoms with E-state index in [2.05, 4.69) is 25.9 Å². The molecule has 0 saturated heterocycles. The van der Waals surface area contributed by atoms with Crippen LogP contribution in [0.5, 0.6) is 5.75 Å². The van der Waals surface area contributed by atoms with Crippen LogP contribution in [0.3, 0.4) is 0 Å². The van der Waals surface area contributed by atoms with E-state index in [9.17, 15) is 5.11 Å². The van der Waals surface area contributed by atoms with Crippen LogP contribution >= 0.6 is 0 Å². The third-order valence-corrected chi connectivity index (χ3v) is 2.27. The van der Waals surface area contributed by atoms with Crippen LogP contribution in [0.15, 0.2) is 0 Å². The number of aryl methyl sites for hydroxylation is 1. The SMILES string of the molecule is CCCc1nn(CC(C)C)c(C)c1O. The van der Waals surface area contributed by atoms with Crippen molar-refractivity contribution in [2.24, 2.45) is 5.92 Å². The highest BCUT2D eigenvalue weighted by Crippen LogP contribution is 2.22. The summed E-state index contributed by atoms with van der Waals surface area (Å²) in [5.74, 6) is 0.940. The quantitative estimate of drug-likeness (QED) is 0.803. The minimum Gasteiger partial charge on any atom is -0.504 e. The summed E-state index contributed by atoms with van der Waals surface area (Å²) >= 11 is 0. The van der Waals surface area contributed by atoms with Crippen LogP contribution in [0.1, 0.15) is 38.6 Å². The van der Waals surface area contributed by atoms with Crippen LogP contribution in [0, 0.1) is 12.8 Å². The molecule has 0 radical (unpaired) electrons. The number of aromatic nitrogens is 2. The highest BCUT2D eigenvalue weighted by molar-refractivity contribution is 5.31. The van der Waals surface area contributed by atoms with Gasteiger partial charge in [0.05, 0.1) is 5.69 Å². The lowest BCUT2D eigenvalue weighted by Crippen LogP contribution is -2.07. The molecule has 0 aliphatic heterocycles. The van der Waals surface area contributed by atoms with Crippen LogP contribution < -0.4 is 0 Å². The average Bonchev–Trinajstić information content (AvgIpc) is 2.34. The molecule has 14 heavy (non-hydrogen) atoms. The van der Waals surface area contributed by atoms with Gasteiger partial charge in [0.25, 0.3) is 0 Å². The lowest BCUT2D eigenvalue weighted by atomic mass is 10.2. The van der Waals surface area contributed by atoms with Crippen molar-refractivity contribution in [3.05, 3.63) is 11.4 Å². The summed E-state index contributed by atoms with van der Waals surface area (Å²) in [5, 5.41) is 14.2. The Balaban J connectivity index is 2.90. The summed E-state index contributed by atoms with van der Waals surface area (Å²) < 4.78 is 1.91. The molecule has 3 nitrogen and oxygen atoms in total. The molecule has 0 aliphatic carbocycles. The molecular formula is C11H20N2O. The molecule has 0 amide bonds. The second kappa shape index (κ2) is 4.49. The Hall–Kier alpha value is -0.990. The molecule has 0 unspecified atom stereocenters. The molecule has 1 N–H and O–H groups in total.